The van der Waals surface area contributed by atoms with Crippen LogP contribution >= 0.6 is 9.39 Å². The van der Waals surface area contributed by atoms with E-state index >= 15 is 0 Å². The summed E-state index contributed by atoms with van der Waals surface area (Å²) in [5.74, 6) is 0.683. The van der Waals surface area contributed by atoms with Crippen molar-refractivity contribution in [1.29, 1.82) is 0 Å². The van der Waals surface area contributed by atoms with E-state index in [0.717, 1.165) is 46.5 Å². The first-order valence-electron chi connectivity index (χ1n) is 11.7. The lowest BCUT2D eigenvalue weighted by Crippen LogP contribution is -2.30. The van der Waals surface area contributed by atoms with E-state index in [-0.39, 0.29) is 6.61 Å². The molecule has 1 unspecified atom stereocenters. The third kappa shape index (κ3) is 3.71. The Kier molecular flexibility index (Phi) is 5.35. The molecular weight excluding hydrogens is 433 g/mol. The highest BCUT2D eigenvalue weighted by Gasteiger charge is 2.21. The molecule has 0 bridgehead atoms. The number of fused-ring (bicyclic) bond motifs is 2. The maximum absolute atomic E-state index is 9.42. The summed E-state index contributed by atoms with van der Waals surface area (Å²) in [6.07, 6.45) is 13.1. The van der Waals surface area contributed by atoms with Crippen LogP contribution < -0.4 is 4.90 Å². The van der Waals surface area contributed by atoms with Gasteiger partial charge in [-0.2, -0.15) is 4.98 Å². The molecule has 170 valence electrons. The van der Waals surface area contributed by atoms with Crippen molar-refractivity contribution < 1.29 is 5.11 Å². The van der Waals surface area contributed by atoms with Crippen LogP contribution in [-0.2, 0) is 0 Å². The highest BCUT2D eigenvalue weighted by molar-refractivity contribution is 7.14. The van der Waals surface area contributed by atoms with Crippen LogP contribution in [0.25, 0.3) is 33.5 Å². The molecule has 1 N–H and O–H groups in total. The number of aliphatic hydroxyl groups excluding tert-OH is 1. The lowest BCUT2D eigenvalue weighted by molar-refractivity contribution is 0.325. The molecule has 0 amide bonds. The minimum Gasteiger partial charge on any atom is -0.392 e. The molecule has 8 nitrogen and oxygen atoms in total. The van der Waals surface area contributed by atoms with Gasteiger partial charge in [0, 0.05) is 24.7 Å². The summed E-state index contributed by atoms with van der Waals surface area (Å²) in [7, 11) is 2.66. The fourth-order valence-electron chi connectivity index (χ4n) is 5.11. The van der Waals surface area contributed by atoms with Gasteiger partial charge in [-0.3, -0.25) is 4.34 Å². The Bertz CT molecular complexity index is 1350. The molecule has 0 spiro atoms. The molecule has 1 aliphatic carbocycles. The SMILES string of the molecule is OCC1=CCN(c2nc(-c3ccc4c(c3)ncn4C3CCCCC3)c3ncn(P)c3n2)CC1. The number of aromatic nitrogens is 6. The largest absolute Gasteiger partial charge is 0.392 e. The zero-order chi connectivity index (χ0) is 22.4. The quantitative estimate of drug-likeness (QED) is 0.364. The highest BCUT2D eigenvalue weighted by atomic mass is 31.0. The predicted molar refractivity (Wildman–Crippen MR) is 133 cm³/mol. The van der Waals surface area contributed by atoms with Crippen LogP contribution in [0.1, 0.15) is 44.6 Å². The van der Waals surface area contributed by atoms with Crippen LogP contribution in [0.4, 0.5) is 5.95 Å². The van der Waals surface area contributed by atoms with Crippen molar-refractivity contribution in [3.8, 4) is 11.3 Å². The van der Waals surface area contributed by atoms with Gasteiger partial charge in [-0.05, 0) is 46.4 Å². The molecule has 0 saturated heterocycles. The first-order valence-corrected chi connectivity index (χ1v) is 12.2. The highest BCUT2D eigenvalue weighted by Crippen LogP contribution is 2.34. The Morgan fingerprint density at radius 3 is 2.73 bits per heavy atom. The molecule has 9 heteroatoms. The zero-order valence-electron chi connectivity index (χ0n) is 18.6. The molecule has 4 heterocycles. The Balaban J connectivity index is 1.42. The van der Waals surface area contributed by atoms with Gasteiger partial charge in [0.2, 0.25) is 5.95 Å². The van der Waals surface area contributed by atoms with Crippen molar-refractivity contribution in [2.45, 2.75) is 44.6 Å². The van der Waals surface area contributed by atoms with Gasteiger partial charge in [-0.15, -0.1) is 0 Å². The Morgan fingerprint density at radius 1 is 1.06 bits per heavy atom. The van der Waals surface area contributed by atoms with Crippen LogP contribution in [0.2, 0.25) is 0 Å². The topological polar surface area (TPSA) is 84.9 Å². The molecule has 1 fully saturated rings. The second-order valence-corrected chi connectivity index (χ2v) is 9.62. The van der Waals surface area contributed by atoms with E-state index in [1.165, 1.54) is 37.6 Å². The number of aliphatic hydroxyl groups is 1. The van der Waals surface area contributed by atoms with Crippen LogP contribution in [0.5, 0.6) is 0 Å². The third-order valence-electron chi connectivity index (χ3n) is 7.02. The second kappa shape index (κ2) is 8.50. The van der Waals surface area contributed by atoms with Crippen LogP contribution in [0.3, 0.4) is 0 Å². The first kappa shape index (κ1) is 20.8. The van der Waals surface area contributed by atoms with Gasteiger partial charge in [-0.1, -0.05) is 31.4 Å². The molecule has 33 heavy (non-hydrogen) atoms. The molecule has 3 aromatic heterocycles. The summed E-state index contributed by atoms with van der Waals surface area (Å²) < 4.78 is 4.22. The van der Waals surface area contributed by atoms with Gasteiger partial charge in [0.05, 0.1) is 24.0 Å². The van der Waals surface area contributed by atoms with Gasteiger partial charge in [0.1, 0.15) is 17.5 Å². The molecule has 4 aromatic rings. The molecule has 0 radical (unpaired) electrons. The maximum Gasteiger partial charge on any atom is 0.228 e. The lowest BCUT2D eigenvalue weighted by atomic mass is 9.95. The van der Waals surface area contributed by atoms with E-state index in [4.69, 9.17) is 15.0 Å². The van der Waals surface area contributed by atoms with E-state index in [9.17, 15) is 5.11 Å². The number of nitrogens with zero attached hydrogens (tertiary/aromatic N) is 7. The summed E-state index contributed by atoms with van der Waals surface area (Å²) >= 11 is 0. The van der Waals surface area contributed by atoms with Crippen molar-refractivity contribution in [3.63, 3.8) is 0 Å². The van der Waals surface area contributed by atoms with Crippen molar-refractivity contribution in [3.05, 3.63) is 42.5 Å². The average Bonchev–Trinajstić information content (AvgIpc) is 3.47. The van der Waals surface area contributed by atoms with E-state index in [0.29, 0.717) is 18.5 Å². The molecular formula is C24H28N7OP. The minimum absolute atomic E-state index is 0.116. The smallest absolute Gasteiger partial charge is 0.228 e. The lowest BCUT2D eigenvalue weighted by Gasteiger charge is -2.26. The van der Waals surface area contributed by atoms with Crippen molar-refractivity contribution in [2.75, 3.05) is 24.6 Å². The van der Waals surface area contributed by atoms with Gasteiger partial charge < -0.3 is 14.6 Å². The van der Waals surface area contributed by atoms with Crippen molar-refractivity contribution in [1.82, 2.24) is 28.8 Å². The normalized spacial score (nSPS) is 17.8. The average molecular weight is 462 g/mol. The third-order valence-corrected chi connectivity index (χ3v) is 7.39. The maximum atomic E-state index is 9.42. The van der Waals surface area contributed by atoms with E-state index in [2.05, 4.69) is 48.1 Å². The van der Waals surface area contributed by atoms with Crippen LogP contribution in [0.15, 0.2) is 42.5 Å². The number of benzene rings is 1. The summed E-state index contributed by atoms with van der Waals surface area (Å²) in [6, 6.07) is 6.99. The van der Waals surface area contributed by atoms with E-state index in [1.807, 2.05) is 10.7 Å². The first-order chi connectivity index (χ1) is 16.2. The minimum atomic E-state index is 0.116. The molecule has 1 aromatic carbocycles. The fraction of sp³-hybridized carbons (Fsp3) is 0.417. The predicted octanol–water partition coefficient (Wildman–Crippen LogP) is 4.12. The van der Waals surface area contributed by atoms with E-state index in [1.54, 1.807) is 6.33 Å². The molecule has 1 saturated carbocycles. The van der Waals surface area contributed by atoms with Gasteiger partial charge in [-0.25, -0.2) is 15.0 Å². The van der Waals surface area contributed by atoms with Crippen LogP contribution in [0, 0.1) is 0 Å². The second-order valence-electron chi connectivity index (χ2n) is 9.06. The van der Waals surface area contributed by atoms with Crippen LogP contribution in [-0.4, -0.2) is 53.6 Å². The number of anilines is 1. The van der Waals surface area contributed by atoms with Crippen molar-refractivity contribution in [2.24, 2.45) is 0 Å². The Morgan fingerprint density at radius 2 is 1.94 bits per heavy atom. The molecule has 6 rings (SSSR count). The fourth-order valence-corrected chi connectivity index (χ4v) is 5.36. The molecule has 1 aliphatic heterocycles. The molecule has 1 atom stereocenters. The van der Waals surface area contributed by atoms with E-state index < -0.39 is 0 Å². The molecule has 2 aliphatic rings. The van der Waals surface area contributed by atoms with Crippen molar-refractivity contribution >= 4 is 37.5 Å². The summed E-state index contributed by atoms with van der Waals surface area (Å²) in [6.45, 7) is 1.59. The summed E-state index contributed by atoms with van der Waals surface area (Å²) in [4.78, 5) is 21.3. The number of hydrogen-bond donors (Lipinski definition) is 1. The number of imidazole rings is 2. The Hall–Kier alpha value is -2.83. The Labute approximate surface area is 194 Å². The number of rotatable bonds is 4. The standard InChI is InChI=1S/C24H28N7OP/c32-13-16-8-10-29(11-9-16)24-27-21(22-23(28-24)31(33)15-26-22)17-6-7-20-19(12-17)25-14-30(20)18-4-2-1-3-5-18/h6-8,12,14-15,18,32H,1-5,9-11,13,33H2. The van der Waals surface area contributed by atoms with Gasteiger partial charge >= 0.3 is 0 Å². The van der Waals surface area contributed by atoms with Gasteiger partial charge in [0.25, 0.3) is 0 Å². The monoisotopic (exact) mass is 461 g/mol. The van der Waals surface area contributed by atoms with Gasteiger partial charge in [0.15, 0.2) is 5.65 Å². The summed E-state index contributed by atoms with van der Waals surface area (Å²) in [5.41, 5.74) is 6.63. The zero-order valence-corrected chi connectivity index (χ0v) is 19.7. The summed E-state index contributed by atoms with van der Waals surface area (Å²) in [5, 5.41) is 9.42. The number of hydrogen-bond acceptors (Lipinski definition) is 6.